The van der Waals surface area contributed by atoms with Gasteiger partial charge < -0.3 is 25.0 Å². The Balaban J connectivity index is 2.02. The summed E-state index contributed by atoms with van der Waals surface area (Å²) in [5.41, 5.74) is 0. The molecule has 0 aromatic rings. The Morgan fingerprint density at radius 1 is 1.15 bits per heavy atom. The van der Waals surface area contributed by atoms with Crippen molar-refractivity contribution in [3.63, 3.8) is 0 Å². The van der Waals surface area contributed by atoms with Gasteiger partial charge in [0.1, 0.15) is 0 Å². The van der Waals surface area contributed by atoms with Gasteiger partial charge in [-0.15, -0.1) is 0 Å². The molecule has 0 saturated carbocycles. The molecule has 0 aliphatic heterocycles. The molecular formula is C15H29NO4. The van der Waals surface area contributed by atoms with E-state index in [0.717, 1.165) is 12.8 Å². The zero-order valence-corrected chi connectivity index (χ0v) is 12.6. The Bertz CT molecular complexity index is 273. The standard InChI is InChI=1S/C15H29NO4/c1-12-5-3-4-6-13(12)9-20-11-15(18)8-16-7-14(17)10-19-2/h3-4,12-18H,5-11H2,1-2H3. The maximum Gasteiger partial charge on any atom is 0.0897 e. The number of hydrogen-bond donors (Lipinski definition) is 3. The lowest BCUT2D eigenvalue weighted by Gasteiger charge is -2.25. The molecule has 1 aliphatic carbocycles. The van der Waals surface area contributed by atoms with E-state index < -0.39 is 12.2 Å². The largest absolute Gasteiger partial charge is 0.389 e. The molecule has 4 unspecified atom stereocenters. The Hall–Kier alpha value is -0.460. The van der Waals surface area contributed by atoms with Gasteiger partial charge in [-0.1, -0.05) is 19.1 Å². The minimum absolute atomic E-state index is 0.298. The molecule has 118 valence electrons. The van der Waals surface area contributed by atoms with Gasteiger partial charge in [0.2, 0.25) is 0 Å². The third-order valence-corrected chi connectivity index (χ3v) is 3.68. The van der Waals surface area contributed by atoms with E-state index in [1.54, 1.807) is 7.11 Å². The second-order valence-corrected chi connectivity index (χ2v) is 5.64. The van der Waals surface area contributed by atoms with Crippen molar-refractivity contribution in [2.75, 3.05) is 40.0 Å². The van der Waals surface area contributed by atoms with Crippen LogP contribution in [0.15, 0.2) is 12.2 Å². The SMILES string of the molecule is COCC(O)CNCC(O)COCC1CC=CCC1C. The highest BCUT2D eigenvalue weighted by atomic mass is 16.5. The van der Waals surface area contributed by atoms with Crippen LogP contribution in [-0.2, 0) is 9.47 Å². The topological polar surface area (TPSA) is 71.0 Å². The van der Waals surface area contributed by atoms with Crippen molar-refractivity contribution in [3.05, 3.63) is 12.2 Å². The van der Waals surface area contributed by atoms with Gasteiger partial charge in [-0.25, -0.2) is 0 Å². The minimum Gasteiger partial charge on any atom is -0.389 e. The summed E-state index contributed by atoms with van der Waals surface area (Å²) in [4.78, 5) is 0. The van der Waals surface area contributed by atoms with E-state index >= 15 is 0 Å². The normalized spacial score (nSPS) is 25.6. The van der Waals surface area contributed by atoms with Crippen molar-refractivity contribution in [1.82, 2.24) is 5.32 Å². The summed E-state index contributed by atoms with van der Waals surface area (Å²) in [6.45, 7) is 4.41. The Morgan fingerprint density at radius 3 is 2.45 bits per heavy atom. The first-order chi connectivity index (χ1) is 9.63. The van der Waals surface area contributed by atoms with Crippen LogP contribution < -0.4 is 5.32 Å². The molecule has 0 aromatic heterocycles. The van der Waals surface area contributed by atoms with Gasteiger partial charge in [0.05, 0.1) is 32.0 Å². The Kier molecular flexibility index (Phi) is 9.05. The molecule has 4 atom stereocenters. The summed E-state index contributed by atoms with van der Waals surface area (Å²) >= 11 is 0. The zero-order chi connectivity index (χ0) is 14.8. The zero-order valence-electron chi connectivity index (χ0n) is 12.6. The second-order valence-electron chi connectivity index (χ2n) is 5.64. The molecule has 1 rings (SSSR count). The number of aliphatic hydroxyl groups is 2. The molecule has 20 heavy (non-hydrogen) atoms. The molecule has 1 aliphatic rings. The van der Waals surface area contributed by atoms with Crippen LogP contribution in [0.2, 0.25) is 0 Å². The molecule has 0 amide bonds. The Labute approximate surface area is 122 Å². The van der Waals surface area contributed by atoms with Gasteiger partial charge in [0, 0.05) is 20.2 Å². The highest BCUT2D eigenvalue weighted by molar-refractivity contribution is 4.93. The molecule has 5 heteroatoms. The van der Waals surface area contributed by atoms with E-state index in [1.807, 2.05) is 0 Å². The summed E-state index contributed by atoms with van der Waals surface area (Å²) in [7, 11) is 1.55. The number of hydrogen-bond acceptors (Lipinski definition) is 5. The van der Waals surface area contributed by atoms with Crippen molar-refractivity contribution in [3.8, 4) is 0 Å². The van der Waals surface area contributed by atoms with E-state index in [2.05, 4.69) is 24.4 Å². The highest BCUT2D eigenvalue weighted by Gasteiger charge is 2.18. The molecule has 0 radical (unpaired) electrons. The number of rotatable bonds is 10. The third-order valence-electron chi connectivity index (χ3n) is 3.68. The van der Waals surface area contributed by atoms with Gasteiger partial charge in [0.25, 0.3) is 0 Å². The van der Waals surface area contributed by atoms with Crippen LogP contribution >= 0.6 is 0 Å². The third kappa shape index (κ3) is 7.36. The first kappa shape index (κ1) is 17.6. The summed E-state index contributed by atoms with van der Waals surface area (Å²) in [6, 6.07) is 0. The summed E-state index contributed by atoms with van der Waals surface area (Å²) in [6.07, 6.45) is 5.55. The van der Waals surface area contributed by atoms with Crippen molar-refractivity contribution >= 4 is 0 Å². The first-order valence-corrected chi connectivity index (χ1v) is 7.42. The summed E-state index contributed by atoms with van der Waals surface area (Å²) < 4.78 is 10.4. The molecule has 0 aromatic carbocycles. The van der Waals surface area contributed by atoms with E-state index in [-0.39, 0.29) is 0 Å². The van der Waals surface area contributed by atoms with Gasteiger partial charge in [-0.2, -0.15) is 0 Å². The Morgan fingerprint density at radius 2 is 1.80 bits per heavy atom. The maximum atomic E-state index is 9.77. The van der Waals surface area contributed by atoms with Gasteiger partial charge >= 0.3 is 0 Å². The monoisotopic (exact) mass is 287 g/mol. The number of nitrogens with one attached hydrogen (secondary N) is 1. The van der Waals surface area contributed by atoms with Crippen molar-refractivity contribution in [1.29, 1.82) is 0 Å². The second kappa shape index (κ2) is 10.3. The van der Waals surface area contributed by atoms with Crippen LogP contribution in [0, 0.1) is 11.8 Å². The lowest BCUT2D eigenvalue weighted by molar-refractivity contribution is 0.0102. The number of methoxy groups -OCH3 is 1. The molecule has 5 nitrogen and oxygen atoms in total. The summed E-state index contributed by atoms with van der Waals surface area (Å²) in [5.74, 6) is 1.21. The van der Waals surface area contributed by atoms with Crippen LogP contribution in [0.5, 0.6) is 0 Å². The molecular weight excluding hydrogens is 258 g/mol. The highest BCUT2D eigenvalue weighted by Crippen LogP contribution is 2.24. The van der Waals surface area contributed by atoms with Gasteiger partial charge in [-0.05, 0) is 24.7 Å². The van der Waals surface area contributed by atoms with Crippen molar-refractivity contribution < 1.29 is 19.7 Å². The molecule has 3 N–H and O–H groups in total. The van der Waals surface area contributed by atoms with Crippen molar-refractivity contribution in [2.24, 2.45) is 11.8 Å². The lowest BCUT2D eigenvalue weighted by Crippen LogP contribution is -2.37. The van der Waals surface area contributed by atoms with E-state index in [9.17, 15) is 10.2 Å². The van der Waals surface area contributed by atoms with Crippen LogP contribution in [0.1, 0.15) is 19.8 Å². The molecule has 0 bridgehead atoms. The fourth-order valence-electron chi connectivity index (χ4n) is 2.32. The molecule has 0 fully saturated rings. The smallest absolute Gasteiger partial charge is 0.0897 e. The van der Waals surface area contributed by atoms with Crippen molar-refractivity contribution in [2.45, 2.75) is 32.0 Å². The maximum absolute atomic E-state index is 9.77. The predicted octanol–water partition coefficient (Wildman–Crippen LogP) is 0.563. The molecule has 0 spiro atoms. The van der Waals surface area contributed by atoms with E-state index in [4.69, 9.17) is 9.47 Å². The predicted molar refractivity (Wildman–Crippen MR) is 78.6 cm³/mol. The number of allylic oxidation sites excluding steroid dienone is 2. The minimum atomic E-state index is -0.542. The van der Waals surface area contributed by atoms with E-state index in [1.165, 1.54) is 0 Å². The number of aliphatic hydroxyl groups excluding tert-OH is 2. The molecule has 0 saturated heterocycles. The van der Waals surface area contributed by atoms with Crippen LogP contribution in [-0.4, -0.2) is 62.4 Å². The lowest BCUT2D eigenvalue weighted by atomic mass is 9.85. The van der Waals surface area contributed by atoms with E-state index in [0.29, 0.717) is 44.7 Å². The van der Waals surface area contributed by atoms with Gasteiger partial charge in [-0.3, -0.25) is 0 Å². The van der Waals surface area contributed by atoms with Gasteiger partial charge in [0.15, 0.2) is 0 Å². The van der Waals surface area contributed by atoms with Crippen LogP contribution in [0.3, 0.4) is 0 Å². The fourth-order valence-corrected chi connectivity index (χ4v) is 2.32. The number of ether oxygens (including phenoxy) is 2. The first-order valence-electron chi connectivity index (χ1n) is 7.42. The van der Waals surface area contributed by atoms with Crippen LogP contribution in [0.25, 0.3) is 0 Å². The quantitative estimate of drug-likeness (QED) is 0.512. The average Bonchev–Trinajstić information content (AvgIpc) is 2.41. The average molecular weight is 287 g/mol. The van der Waals surface area contributed by atoms with Crippen LogP contribution in [0.4, 0.5) is 0 Å². The molecule has 0 heterocycles. The fraction of sp³-hybridized carbons (Fsp3) is 0.867. The summed E-state index contributed by atoms with van der Waals surface area (Å²) in [5, 5.41) is 22.2.